The molecule has 0 aliphatic carbocycles. The van der Waals surface area contributed by atoms with Crippen molar-refractivity contribution in [1.29, 1.82) is 0 Å². The molecule has 0 saturated heterocycles. The highest BCUT2D eigenvalue weighted by Gasteiger charge is 2.36. The van der Waals surface area contributed by atoms with Gasteiger partial charge in [0.25, 0.3) is 17.7 Å². The van der Waals surface area contributed by atoms with E-state index in [1.807, 2.05) is 0 Å². The number of anilines is 1. The molecule has 0 bridgehead atoms. The molecule has 2 aromatic carbocycles. The number of fused-ring (bicyclic) bond motifs is 2. The first-order valence-corrected chi connectivity index (χ1v) is 8.83. The van der Waals surface area contributed by atoms with Gasteiger partial charge in [-0.05, 0) is 24.3 Å². The standard InChI is InChI=1S/C20H17N3O5/c24-17(11-23-19(26)12-5-1-2-6-13(12)20(23)27)21-10-9-16-18(25)22-14-7-3-4-8-15(14)28-16/h1-8,16H,9-11H2,(H,21,24)(H,22,25). The summed E-state index contributed by atoms with van der Waals surface area (Å²) in [5, 5.41) is 5.38. The average molecular weight is 379 g/mol. The van der Waals surface area contributed by atoms with Crippen molar-refractivity contribution < 1.29 is 23.9 Å². The highest BCUT2D eigenvalue weighted by molar-refractivity contribution is 6.22. The van der Waals surface area contributed by atoms with Crippen molar-refractivity contribution >= 4 is 29.3 Å². The van der Waals surface area contributed by atoms with E-state index in [1.54, 1.807) is 48.5 Å². The number of rotatable bonds is 5. The van der Waals surface area contributed by atoms with Crippen LogP contribution in [0.25, 0.3) is 0 Å². The highest BCUT2D eigenvalue weighted by atomic mass is 16.5. The lowest BCUT2D eigenvalue weighted by molar-refractivity contribution is -0.125. The highest BCUT2D eigenvalue weighted by Crippen LogP contribution is 2.29. The molecule has 8 heteroatoms. The third kappa shape index (κ3) is 3.20. The summed E-state index contributed by atoms with van der Waals surface area (Å²) in [7, 11) is 0. The average Bonchev–Trinajstić information content (AvgIpc) is 2.93. The number of hydrogen-bond donors (Lipinski definition) is 2. The van der Waals surface area contributed by atoms with Crippen LogP contribution in [-0.4, -0.2) is 47.7 Å². The molecule has 2 aromatic rings. The second kappa shape index (κ2) is 7.15. The minimum absolute atomic E-state index is 0.169. The van der Waals surface area contributed by atoms with Crippen LogP contribution in [0.15, 0.2) is 48.5 Å². The topological polar surface area (TPSA) is 105 Å². The maximum atomic E-state index is 12.3. The Morgan fingerprint density at radius 1 is 1.00 bits per heavy atom. The first kappa shape index (κ1) is 17.7. The molecule has 0 fully saturated rings. The van der Waals surface area contributed by atoms with Gasteiger partial charge in [-0.25, -0.2) is 0 Å². The summed E-state index contributed by atoms with van der Waals surface area (Å²) in [4.78, 5) is 49.7. The van der Waals surface area contributed by atoms with E-state index in [1.165, 1.54) is 0 Å². The quantitative estimate of drug-likeness (QED) is 0.760. The molecule has 8 nitrogen and oxygen atoms in total. The number of para-hydroxylation sites is 2. The van der Waals surface area contributed by atoms with Gasteiger partial charge in [-0.3, -0.25) is 24.1 Å². The van der Waals surface area contributed by atoms with Gasteiger partial charge in [-0.2, -0.15) is 0 Å². The van der Waals surface area contributed by atoms with Crippen LogP contribution in [0.2, 0.25) is 0 Å². The van der Waals surface area contributed by atoms with E-state index >= 15 is 0 Å². The zero-order valence-electron chi connectivity index (χ0n) is 14.8. The molecule has 1 atom stereocenters. The van der Waals surface area contributed by atoms with Gasteiger partial charge in [0, 0.05) is 13.0 Å². The Balaban J connectivity index is 1.30. The fourth-order valence-electron chi connectivity index (χ4n) is 3.21. The second-order valence-electron chi connectivity index (χ2n) is 6.47. The largest absolute Gasteiger partial charge is 0.478 e. The minimum Gasteiger partial charge on any atom is -0.478 e. The summed E-state index contributed by atoms with van der Waals surface area (Å²) < 4.78 is 5.65. The Hall–Kier alpha value is -3.68. The maximum absolute atomic E-state index is 12.3. The Bertz CT molecular complexity index is 952. The van der Waals surface area contributed by atoms with Gasteiger partial charge in [0.05, 0.1) is 16.8 Å². The van der Waals surface area contributed by atoms with Gasteiger partial charge >= 0.3 is 0 Å². The molecule has 4 amide bonds. The summed E-state index contributed by atoms with van der Waals surface area (Å²) in [5.41, 5.74) is 1.20. The number of nitrogens with one attached hydrogen (secondary N) is 2. The van der Waals surface area contributed by atoms with E-state index in [9.17, 15) is 19.2 Å². The fourth-order valence-corrected chi connectivity index (χ4v) is 3.21. The summed E-state index contributed by atoms with van der Waals surface area (Å²) in [6, 6.07) is 13.5. The Labute approximate surface area is 160 Å². The molecule has 0 saturated carbocycles. The van der Waals surface area contributed by atoms with Crippen molar-refractivity contribution in [2.45, 2.75) is 12.5 Å². The minimum atomic E-state index is -0.727. The monoisotopic (exact) mass is 379 g/mol. The van der Waals surface area contributed by atoms with Crippen molar-refractivity contribution in [3.63, 3.8) is 0 Å². The summed E-state index contributed by atoms with van der Waals surface area (Å²) in [5.74, 6) is -1.16. The zero-order valence-corrected chi connectivity index (χ0v) is 14.8. The van der Waals surface area contributed by atoms with Crippen LogP contribution in [-0.2, 0) is 9.59 Å². The molecule has 0 aromatic heterocycles. The van der Waals surface area contributed by atoms with Crippen molar-refractivity contribution in [1.82, 2.24) is 10.2 Å². The van der Waals surface area contributed by atoms with Crippen LogP contribution in [0.3, 0.4) is 0 Å². The number of imide groups is 1. The molecular formula is C20H17N3O5. The van der Waals surface area contributed by atoms with Crippen LogP contribution in [0.1, 0.15) is 27.1 Å². The van der Waals surface area contributed by atoms with Crippen LogP contribution in [0.4, 0.5) is 5.69 Å². The third-order valence-corrected chi connectivity index (χ3v) is 4.62. The fraction of sp³-hybridized carbons (Fsp3) is 0.200. The first-order valence-electron chi connectivity index (χ1n) is 8.83. The maximum Gasteiger partial charge on any atom is 0.265 e. The number of hydrogen-bond acceptors (Lipinski definition) is 5. The lowest BCUT2D eigenvalue weighted by Crippen LogP contribution is -2.43. The van der Waals surface area contributed by atoms with Gasteiger partial charge in [0.1, 0.15) is 12.3 Å². The summed E-state index contributed by atoms with van der Waals surface area (Å²) >= 11 is 0. The molecule has 28 heavy (non-hydrogen) atoms. The Morgan fingerprint density at radius 3 is 2.36 bits per heavy atom. The van der Waals surface area contributed by atoms with Gasteiger partial charge in [0.15, 0.2) is 6.10 Å². The zero-order chi connectivity index (χ0) is 19.7. The molecule has 2 aliphatic heterocycles. The number of ether oxygens (including phenoxy) is 1. The Kier molecular flexibility index (Phi) is 4.52. The van der Waals surface area contributed by atoms with E-state index in [0.717, 1.165) is 4.90 Å². The normalized spacial score (nSPS) is 17.5. The van der Waals surface area contributed by atoms with Crippen molar-refractivity contribution in [2.24, 2.45) is 0 Å². The molecule has 0 radical (unpaired) electrons. The van der Waals surface area contributed by atoms with E-state index < -0.39 is 23.8 Å². The van der Waals surface area contributed by atoms with E-state index in [0.29, 0.717) is 22.6 Å². The smallest absolute Gasteiger partial charge is 0.265 e. The van der Waals surface area contributed by atoms with E-state index in [4.69, 9.17) is 4.74 Å². The molecule has 2 N–H and O–H groups in total. The van der Waals surface area contributed by atoms with Crippen LogP contribution < -0.4 is 15.4 Å². The van der Waals surface area contributed by atoms with Gasteiger partial charge in [-0.1, -0.05) is 24.3 Å². The van der Waals surface area contributed by atoms with Crippen LogP contribution in [0.5, 0.6) is 5.75 Å². The van der Waals surface area contributed by atoms with Crippen LogP contribution >= 0.6 is 0 Å². The van der Waals surface area contributed by atoms with Gasteiger partial charge < -0.3 is 15.4 Å². The number of benzene rings is 2. The molecule has 4 rings (SSSR count). The molecule has 2 heterocycles. The number of amides is 4. The van der Waals surface area contributed by atoms with E-state index in [-0.39, 0.29) is 25.4 Å². The number of nitrogens with zero attached hydrogens (tertiary/aromatic N) is 1. The predicted molar refractivity (Wildman–Crippen MR) is 98.9 cm³/mol. The molecule has 2 aliphatic rings. The molecule has 142 valence electrons. The lowest BCUT2D eigenvalue weighted by Gasteiger charge is -2.25. The Morgan fingerprint density at radius 2 is 1.64 bits per heavy atom. The van der Waals surface area contributed by atoms with Crippen molar-refractivity contribution in [2.75, 3.05) is 18.4 Å². The predicted octanol–water partition coefficient (Wildman–Crippen LogP) is 1.19. The summed E-state index contributed by atoms with van der Waals surface area (Å²) in [6.45, 7) is -0.199. The molecule has 0 spiro atoms. The van der Waals surface area contributed by atoms with Crippen LogP contribution in [0, 0.1) is 0 Å². The van der Waals surface area contributed by atoms with Gasteiger partial charge in [-0.15, -0.1) is 0 Å². The SMILES string of the molecule is O=C(CN1C(=O)c2ccccc2C1=O)NCCC1Oc2ccccc2NC1=O. The second-order valence-corrected chi connectivity index (χ2v) is 6.47. The number of carbonyl (C=O) groups excluding carboxylic acids is 4. The van der Waals surface area contributed by atoms with Crippen molar-refractivity contribution in [3.8, 4) is 5.75 Å². The lowest BCUT2D eigenvalue weighted by atomic mass is 10.1. The molecule has 1 unspecified atom stereocenters. The first-order chi connectivity index (χ1) is 13.5. The third-order valence-electron chi connectivity index (χ3n) is 4.62. The van der Waals surface area contributed by atoms with Crippen molar-refractivity contribution in [3.05, 3.63) is 59.7 Å². The number of carbonyl (C=O) groups is 4. The summed E-state index contributed by atoms with van der Waals surface area (Å²) in [6.07, 6.45) is -0.469. The molecular weight excluding hydrogens is 362 g/mol. The van der Waals surface area contributed by atoms with Gasteiger partial charge in [0.2, 0.25) is 5.91 Å². The van der Waals surface area contributed by atoms with E-state index in [2.05, 4.69) is 10.6 Å².